The van der Waals surface area contributed by atoms with E-state index >= 15 is 0 Å². The predicted molar refractivity (Wildman–Crippen MR) is 86.3 cm³/mol. The fourth-order valence-electron chi connectivity index (χ4n) is 2.58. The summed E-state index contributed by atoms with van der Waals surface area (Å²) in [4.78, 5) is 14.0. The van der Waals surface area contributed by atoms with Gasteiger partial charge >= 0.3 is 6.03 Å². The van der Waals surface area contributed by atoms with Crippen LogP contribution in [0.5, 0.6) is 5.75 Å². The number of benzene rings is 1. The highest BCUT2D eigenvalue weighted by Crippen LogP contribution is 2.17. The molecule has 0 aromatic heterocycles. The number of methoxy groups -OCH3 is 1. The van der Waals surface area contributed by atoms with Crippen LogP contribution < -0.4 is 10.1 Å². The molecular weight excluding hydrogens is 280 g/mol. The summed E-state index contributed by atoms with van der Waals surface area (Å²) < 4.78 is 11.2. The fourth-order valence-corrected chi connectivity index (χ4v) is 2.58. The maximum Gasteiger partial charge on any atom is 0.317 e. The van der Waals surface area contributed by atoms with Gasteiger partial charge in [0.15, 0.2) is 0 Å². The lowest BCUT2D eigenvalue weighted by molar-refractivity contribution is 0.0500. The van der Waals surface area contributed by atoms with Crippen molar-refractivity contribution in [2.24, 2.45) is 0 Å². The zero-order valence-corrected chi connectivity index (χ0v) is 13.7. The molecule has 0 radical (unpaired) electrons. The molecule has 22 heavy (non-hydrogen) atoms. The normalized spacial score (nSPS) is 17.1. The number of urea groups is 1. The molecule has 0 saturated carbocycles. The first-order valence-electron chi connectivity index (χ1n) is 7.88. The first kappa shape index (κ1) is 16.6. The molecule has 1 fully saturated rings. The molecule has 2 amide bonds. The standard InChI is InChI=1S/C17H26N2O3/c1-13-6-4-5-7-16(13)22-14(2)12-18-17(20)19-10-8-15(21-3)9-11-19/h4-7,14-15H,8-12H2,1-3H3,(H,18,20)/t14-/m0/s1. The molecule has 2 rings (SSSR count). The van der Waals surface area contributed by atoms with Crippen LogP contribution in [0.2, 0.25) is 0 Å². The van der Waals surface area contributed by atoms with Gasteiger partial charge < -0.3 is 19.7 Å². The Kier molecular flexibility index (Phi) is 6.07. The van der Waals surface area contributed by atoms with E-state index in [0.29, 0.717) is 6.54 Å². The summed E-state index contributed by atoms with van der Waals surface area (Å²) in [5, 5.41) is 2.95. The highest BCUT2D eigenvalue weighted by Gasteiger charge is 2.22. The van der Waals surface area contributed by atoms with Gasteiger partial charge in [0.2, 0.25) is 0 Å². The van der Waals surface area contributed by atoms with Crippen LogP contribution in [-0.2, 0) is 4.74 Å². The summed E-state index contributed by atoms with van der Waals surface area (Å²) >= 11 is 0. The molecule has 1 N–H and O–H groups in total. The van der Waals surface area contributed by atoms with Crippen LogP contribution in [0.1, 0.15) is 25.3 Å². The van der Waals surface area contributed by atoms with Crippen molar-refractivity contribution in [1.82, 2.24) is 10.2 Å². The second-order valence-corrected chi connectivity index (χ2v) is 5.80. The van der Waals surface area contributed by atoms with Crippen molar-refractivity contribution in [2.75, 3.05) is 26.7 Å². The first-order chi connectivity index (χ1) is 10.6. The number of amides is 2. The lowest BCUT2D eigenvalue weighted by atomic mass is 10.1. The third kappa shape index (κ3) is 4.63. The molecule has 0 aliphatic carbocycles. The van der Waals surface area contributed by atoms with Gasteiger partial charge in [-0.1, -0.05) is 18.2 Å². The molecule has 122 valence electrons. The molecule has 0 unspecified atom stereocenters. The Balaban J connectivity index is 1.73. The molecule has 5 nitrogen and oxygen atoms in total. The molecule has 1 aromatic rings. The Morgan fingerprint density at radius 1 is 1.36 bits per heavy atom. The molecule has 1 aromatic carbocycles. The Morgan fingerprint density at radius 2 is 2.05 bits per heavy atom. The molecular formula is C17H26N2O3. The zero-order chi connectivity index (χ0) is 15.9. The van der Waals surface area contributed by atoms with Gasteiger partial charge in [-0.3, -0.25) is 0 Å². The summed E-state index contributed by atoms with van der Waals surface area (Å²) in [6.07, 6.45) is 2.02. The number of para-hydroxylation sites is 1. The highest BCUT2D eigenvalue weighted by atomic mass is 16.5. The van der Waals surface area contributed by atoms with Crippen LogP contribution >= 0.6 is 0 Å². The van der Waals surface area contributed by atoms with Gasteiger partial charge in [0.1, 0.15) is 11.9 Å². The van der Waals surface area contributed by atoms with Crippen LogP contribution in [0.4, 0.5) is 4.79 Å². The SMILES string of the molecule is COC1CCN(C(=O)NC[C@H](C)Oc2ccccc2C)CC1. The van der Waals surface area contributed by atoms with E-state index in [2.05, 4.69) is 5.32 Å². The molecule has 1 aliphatic heterocycles. The molecule has 1 atom stereocenters. The number of ether oxygens (including phenoxy) is 2. The van der Waals surface area contributed by atoms with Gasteiger partial charge in [-0.15, -0.1) is 0 Å². The minimum atomic E-state index is -0.0680. The Hall–Kier alpha value is -1.75. The Morgan fingerprint density at radius 3 is 2.68 bits per heavy atom. The number of carbonyl (C=O) groups is 1. The maximum atomic E-state index is 12.1. The predicted octanol–water partition coefficient (Wildman–Crippen LogP) is 2.58. The maximum absolute atomic E-state index is 12.1. The summed E-state index contributed by atoms with van der Waals surface area (Å²) in [5.41, 5.74) is 1.10. The first-order valence-corrected chi connectivity index (χ1v) is 7.88. The lowest BCUT2D eigenvalue weighted by Crippen LogP contribution is -2.47. The van der Waals surface area contributed by atoms with Gasteiger partial charge in [0.05, 0.1) is 12.6 Å². The fraction of sp³-hybridized carbons (Fsp3) is 0.588. The number of aryl methyl sites for hydroxylation is 1. The third-order valence-electron chi connectivity index (χ3n) is 4.03. The third-order valence-corrected chi connectivity index (χ3v) is 4.03. The van der Waals surface area contributed by atoms with Crippen LogP contribution in [0.3, 0.4) is 0 Å². The number of likely N-dealkylation sites (tertiary alicyclic amines) is 1. The molecule has 1 heterocycles. The summed E-state index contributed by atoms with van der Waals surface area (Å²) in [5.74, 6) is 0.866. The van der Waals surface area contributed by atoms with Crippen LogP contribution in [0.25, 0.3) is 0 Å². The van der Waals surface area contributed by atoms with E-state index in [1.165, 1.54) is 0 Å². The number of nitrogens with one attached hydrogen (secondary N) is 1. The molecule has 5 heteroatoms. The van der Waals surface area contributed by atoms with Crippen molar-refractivity contribution in [2.45, 2.75) is 38.9 Å². The Bertz CT molecular complexity index is 485. The van der Waals surface area contributed by atoms with Crippen molar-refractivity contribution in [1.29, 1.82) is 0 Å². The van der Waals surface area contributed by atoms with E-state index in [4.69, 9.17) is 9.47 Å². The van der Waals surface area contributed by atoms with E-state index in [1.54, 1.807) is 7.11 Å². The second kappa shape index (κ2) is 8.03. The van der Waals surface area contributed by atoms with Crippen molar-refractivity contribution in [3.63, 3.8) is 0 Å². The monoisotopic (exact) mass is 306 g/mol. The van der Waals surface area contributed by atoms with Gasteiger partial charge in [0.25, 0.3) is 0 Å². The number of rotatable bonds is 5. The minimum absolute atomic E-state index is 0.0187. The van der Waals surface area contributed by atoms with Crippen LogP contribution in [0, 0.1) is 6.92 Å². The van der Waals surface area contributed by atoms with E-state index in [0.717, 1.165) is 37.2 Å². The number of hydrogen-bond donors (Lipinski definition) is 1. The van der Waals surface area contributed by atoms with E-state index < -0.39 is 0 Å². The zero-order valence-electron chi connectivity index (χ0n) is 13.7. The lowest BCUT2D eigenvalue weighted by Gasteiger charge is -2.31. The average molecular weight is 306 g/mol. The number of nitrogens with zero attached hydrogens (tertiary/aromatic N) is 1. The van der Waals surface area contributed by atoms with E-state index in [-0.39, 0.29) is 18.2 Å². The number of piperidine rings is 1. The smallest absolute Gasteiger partial charge is 0.317 e. The quantitative estimate of drug-likeness (QED) is 0.909. The molecule has 1 aliphatic rings. The van der Waals surface area contributed by atoms with Gasteiger partial charge in [-0.2, -0.15) is 0 Å². The van der Waals surface area contributed by atoms with Crippen LogP contribution in [0.15, 0.2) is 24.3 Å². The number of hydrogen-bond acceptors (Lipinski definition) is 3. The molecule has 1 saturated heterocycles. The average Bonchev–Trinajstić information content (AvgIpc) is 2.55. The topological polar surface area (TPSA) is 50.8 Å². The number of carbonyl (C=O) groups excluding carboxylic acids is 1. The van der Waals surface area contributed by atoms with Crippen molar-refractivity contribution in [3.8, 4) is 5.75 Å². The van der Waals surface area contributed by atoms with Crippen LogP contribution in [-0.4, -0.2) is 49.9 Å². The highest BCUT2D eigenvalue weighted by molar-refractivity contribution is 5.74. The summed E-state index contributed by atoms with van der Waals surface area (Å²) in [6, 6.07) is 7.88. The minimum Gasteiger partial charge on any atom is -0.489 e. The second-order valence-electron chi connectivity index (χ2n) is 5.80. The molecule has 0 bridgehead atoms. The van der Waals surface area contributed by atoms with Gasteiger partial charge in [-0.05, 0) is 38.3 Å². The van der Waals surface area contributed by atoms with E-state index in [9.17, 15) is 4.79 Å². The summed E-state index contributed by atoms with van der Waals surface area (Å²) in [7, 11) is 1.73. The van der Waals surface area contributed by atoms with Gasteiger partial charge in [0, 0.05) is 20.2 Å². The molecule has 0 spiro atoms. The van der Waals surface area contributed by atoms with Gasteiger partial charge in [-0.25, -0.2) is 4.79 Å². The largest absolute Gasteiger partial charge is 0.489 e. The van der Waals surface area contributed by atoms with Crippen molar-refractivity contribution < 1.29 is 14.3 Å². The Labute approximate surface area is 132 Å². The van der Waals surface area contributed by atoms with E-state index in [1.807, 2.05) is 43.0 Å². The van der Waals surface area contributed by atoms with Crippen molar-refractivity contribution >= 4 is 6.03 Å². The summed E-state index contributed by atoms with van der Waals surface area (Å²) in [6.45, 7) is 5.97. The van der Waals surface area contributed by atoms with Crippen molar-refractivity contribution in [3.05, 3.63) is 29.8 Å².